The van der Waals surface area contributed by atoms with E-state index in [2.05, 4.69) is 34.4 Å². The molecule has 1 aliphatic rings. The molecule has 2 aromatic carbocycles. The number of H-pyrrole nitrogens is 1. The Morgan fingerprint density at radius 3 is 2.40 bits per heavy atom. The smallest absolute Gasteiger partial charge is 0.421 e. The number of carbonyl (C=O) groups excluding carboxylic acids is 5. The molecule has 0 aliphatic carbocycles. The molecule has 0 spiro atoms. The molecule has 0 radical (unpaired) electrons. The van der Waals surface area contributed by atoms with Crippen molar-refractivity contribution in [2.45, 2.75) is 92.5 Å². The van der Waals surface area contributed by atoms with Gasteiger partial charge in [-0.3, -0.25) is 19.2 Å². The largest absolute Gasteiger partial charge is 0.449 e. The summed E-state index contributed by atoms with van der Waals surface area (Å²) >= 11 is 0. The predicted molar refractivity (Wildman–Crippen MR) is 209 cm³/mol. The molecule has 0 saturated carbocycles. The van der Waals surface area contributed by atoms with E-state index in [0.717, 1.165) is 42.1 Å². The maximum atomic E-state index is 13.8. The topological polar surface area (TPSA) is 141 Å². The molecule has 4 rings (SSSR count). The van der Waals surface area contributed by atoms with Gasteiger partial charge in [0.05, 0.1) is 29.5 Å². The minimum Gasteiger partial charge on any atom is -0.449 e. The van der Waals surface area contributed by atoms with Gasteiger partial charge in [0.1, 0.15) is 0 Å². The first kappa shape index (κ1) is 40.7. The Morgan fingerprint density at radius 1 is 0.962 bits per heavy atom. The summed E-state index contributed by atoms with van der Waals surface area (Å²) in [6.45, 7) is 14.9. The lowest BCUT2D eigenvalue weighted by atomic mass is 10.00. The van der Waals surface area contributed by atoms with E-state index in [4.69, 9.17) is 4.74 Å². The summed E-state index contributed by atoms with van der Waals surface area (Å²) in [6.07, 6.45) is 4.54. The number of nitrogens with one attached hydrogen (secondary N) is 3. The van der Waals surface area contributed by atoms with Gasteiger partial charge in [0.25, 0.3) is 11.8 Å². The van der Waals surface area contributed by atoms with Crippen molar-refractivity contribution in [3.8, 4) is 0 Å². The van der Waals surface area contributed by atoms with Crippen LogP contribution in [0, 0.1) is 20.8 Å². The van der Waals surface area contributed by atoms with Crippen LogP contribution in [0.5, 0.6) is 0 Å². The van der Waals surface area contributed by atoms with Crippen molar-refractivity contribution in [1.29, 1.82) is 0 Å². The molecule has 284 valence electrons. The van der Waals surface area contributed by atoms with Gasteiger partial charge in [-0.15, -0.1) is 0 Å². The predicted octanol–water partition coefficient (Wildman–Crippen LogP) is 6.69. The summed E-state index contributed by atoms with van der Waals surface area (Å²) < 4.78 is 5.55. The van der Waals surface area contributed by atoms with Crippen LogP contribution in [0.4, 0.5) is 10.5 Å². The molecule has 0 saturated heterocycles. The lowest BCUT2D eigenvalue weighted by Gasteiger charge is -2.18. The lowest BCUT2D eigenvalue weighted by molar-refractivity contribution is -0.127. The number of nitrogens with zero attached hydrogens (tertiary/aromatic N) is 2. The van der Waals surface area contributed by atoms with E-state index in [1.807, 2.05) is 70.2 Å². The zero-order chi connectivity index (χ0) is 38.5. The third kappa shape index (κ3) is 10.8. The molecule has 11 heteroatoms. The standard InChI is InChI=1S/C42H55N5O6/c1-7-16-34(37(48)26-31-17-12-10-13-18-31)45-38(49)19-14-11-15-24-53-42(52)47-36-21-20-28(4)25-32(36)33(41(47)51)27-35-29(5)39(30(6)44-35)40(50)43-22-23-46(8-2)9-3/h10,12-13,17-18,20-21,25,27,34,44H,7-9,11,14-16,19,22-24,26H2,1-6H3,(H,43,50)(H,45,49)/b33-27-. The molecule has 4 amide bonds. The second-order valence-electron chi connectivity index (χ2n) is 13.6. The SMILES string of the molecule is CCCC(NC(=O)CCCCCOC(=O)N1C(=O)/C(=C\c2[nH]c(C)c(C(=O)NCCN(CC)CC)c2C)c2cc(C)ccc21)C(=O)Cc1ccccc1. The number of rotatable bonds is 19. The highest BCUT2D eigenvalue weighted by molar-refractivity contribution is 6.41. The molecular weight excluding hydrogens is 670 g/mol. The molecule has 53 heavy (non-hydrogen) atoms. The number of imide groups is 1. The summed E-state index contributed by atoms with van der Waals surface area (Å²) in [7, 11) is 0. The second kappa shape index (κ2) is 19.7. The fourth-order valence-electron chi connectivity index (χ4n) is 6.66. The number of fused-ring (bicyclic) bond motifs is 1. The van der Waals surface area contributed by atoms with Crippen molar-refractivity contribution in [1.82, 2.24) is 20.5 Å². The summed E-state index contributed by atoms with van der Waals surface area (Å²) in [5.74, 6) is -0.863. The Hall–Kier alpha value is -5.03. The third-order valence-corrected chi connectivity index (χ3v) is 9.70. The number of aromatic nitrogens is 1. The van der Waals surface area contributed by atoms with Crippen LogP contribution in [0.15, 0.2) is 48.5 Å². The van der Waals surface area contributed by atoms with Crippen molar-refractivity contribution in [3.63, 3.8) is 0 Å². The van der Waals surface area contributed by atoms with Crippen LogP contribution in [-0.4, -0.2) is 78.3 Å². The number of aryl methyl sites for hydroxylation is 2. The van der Waals surface area contributed by atoms with Crippen LogP contribution in [0.1, 0.15) is 103 Å². The Balaban J connectivity index is 1.32. The Morgan fingerprint density at radius 2 is 1.70 bits per heavy atom. The van der Waals surface area contributed by atoms with Crippen LogP contribution >= 0.6 is 0 Å². The molecule has 1 unspecified atom stereocenters. The fraction of sp³-hybridized carbons (Fsp3) is 0.452. The normalized spacial score (nSPS) is 13.7. The highest BCUT2D eigenvalue weighted by Gasteiger charge is 2.38. The van der Waals surface area contributed by atoms with Crippen LogP contribution in [0.25, 0.3) is 11.6 Å². The van der Waals surface area contributed by atoms with Gasteiger partial charge in [0, 0.05) is 42.9 Å². The molecular formula is C42H55N5O6. The van der Waals surface area contributed by atoms with Crippen molar-refractivity contribution >= 4 is 46.9 Å². The van der Waals surface area contributed by atoms with E-state index in [1.165, 1.54) is 0 Å². The number of benzene rings is 2. The van der Waals surface area contributed by atoms with E-state index < -0.39 is 18.0 Å². The Bertz CT molecular complexity index is 1790. The molecule has 3 N–H and O–H groups in total. The van der Waals surface area contributed by atoms with Crippen molar-refractivity contribution < 1.29 is 28.7 Å². The minimum atomic E-state index is -0.770. The maximum absolute atomic E-state index is 13.8. The third-order valence-electron chi connectivity index (χ3n) is 9.70. The second-order valence-corrected chi connectivity index (χ2v) is 13.6. The van der Waals surface area contributed by atoms with Crippen molar-refractivity contribution in [2.24, 2.45) is 0 Å². The quantitative estimate of drug-likeness (QED) is 0.0924. The average molecular weight is 726 g/mol. The Labute approximate surface area is 313 Å². The molecule has 3 aromatic rings. The van der Waals surface area contributed by atoms with Gasteiger partial charge < -0.3 is 25.3 Å². The first-order valence-corrected chi connectivity index (χ1v) is 18.9. The van der Waals surface area contributed by atoms with Gasteiger partial charge in [-0.25, -0.2) is 9.69 Å². The first-order valence-electron chi connectivity index (χ1n) is 18.9. The van der Waals surface area contributed by atoms with E-state index in [0.29, 0.717) is 71.6 Å². The highest BCUT2D eigenvalue weighted by atomic mass is 16.6. The summed E-state index contributed by atoms with van der Waals surface area (Å²) in [6, 6.07) is 14.4. The van der Waals surface area contributed by atoms with E-state index >= 15 is 0 Å². The van der Waals surface area contributed by atoms with Gasteiger partial charge in [-0.2, -0.15) is 0 Å². The van der Waals surface area contributed by atoms with Crippen LogP contribution < -0.4 is 15.5 Å². The van der Waals surface area contributed by atoms with Crippen LogP contribution in [0.2, 0.25) is 0 Å². The van der Waals surface area contributed by atoms with Gasteiger partial charge in [-0.1, -0.05) is 69.2 Å². The summed E-state index contributed by atoms with van der Waals surface area (Å²) in [4.78, 5) is 72.4. The summed E-state index contributed by atoms with van der Waals surface area (Å²) in [5, 5.41) is 5.92. The van der Waals surface area contributed by atoms with E-state index in [9.17, 15) is 24.0 Å². The lowest BCUT2D eigenvalue weighted by Crippen LogP contribution is -2.41. The number of aromatic amines is 1. The number of likely N-dealkylation sites (N-methyl/N-ethyl adjacent to an activating group) is 1. The number of carbonyl (C=O) groups is 5. The van der Waals surface area contributed by atoms with Crippen molar-refractivity contribution in [3.05, 3.63) is 87.7 Å². The molecule has 2 heterocycles. The molecule has 0 bridgehead atoms. The fourth-order valence-corrected chi connectivity index (χ4v) is 6.66. The zero-order valence-electron chi connectivity index (χ0n) is 32.1. The van der Waals surface area contributed by atoms with Gasteiger partial charge in [0.15, 0.2) is 5.78 Å². The van der Waals surface area contributed by atoms with Gasteiger partial charge in [0.2, 0.25) is 5.91 Å². The monoisotopic (exact) mass is 725 g/mol. The van der Waals surface area contributed by atoms with Gasteiger partial charge in [-0.05, 0) is 88.9 Å². The maximum Gasteiger partial charge on any atom is 0.421 e. The number of ether oxygens (including phenoxy) is 1. The number of ketones is 1. The molecule has 1 aromatic heterocycles. The number of hydrogen-bond donors (Lipinski definition) is 3. The van der Waals surface area contributed by atoms with Gasteiger partial charge >= 0.3 is 6.09 Å². The number of unbranched alkanes of at least 4 members (excludes halogenated alkanes) is 2. The van der Waals surface area contributed by atoms with Crippen LogP contribution in [0.3, 0.4) is 0 Å². The number of hydrogen-bond acceptors (Lipinski definition) is 7. The Kier molecular flexibility index (Phi) is 15.1. The molecule has 11 nitrogen and oxygen atoms in total. The van der Waals surface area contributed by atoms with Crippen LogP contribution in [-0.2, 0) is 25.5 Å². The molecule has 1 aliphatic heterocycles. The summed E-state index contributed by atoms with van der Waals surface area (Å²) in [5.41, 5.74) is 5.79. The first-order chi connectivity index (χ1) is 25.5. The zero-order valence-corrected chi connectivity index (χ0v) is 32.1. The number of anilines is 1. The number of amides is 4. The van der Waals surface area contributed by atoms with Crippen molar-refractivity contribution in [2.75, 3.05) is 37.7 Å². The average Bonchev–Trinajstić information content (AvgIpc) is 3.57. The van der Waals surface area contributed by atoms with E-state index in [1.54, 1.807) is 12.1 Å². The number of Topliss-reactive ketones (excluding diaryl/α,β-unsaturated/α-hetero) is 1. The highest BCUT2D eigenvalue weighted by Crippen LogP contribution is 2.39. The molecule has 1 atom stereocenters. The minimum absolute atomic E-state index is 0.00307. The van der Waals surface area contributed by atoms with E-state index in [-0.39, 0.29) is 37.0 Å². The molecule has 0 fully saturated rings.